The van der Waals surface area contributed by atoms with Crippen LogP contribution in [0.15, 0.2) is 12.1 Å². The molecule has 0 radical (unpaired) electrons. The van der Waals surface area contributed by atoms with Crippen LogP contribution in [0, 0.1) is 6.92 Å². The Kier molecular flexibility index (Phi) is 9.05. The zero-order chi connectivity index (χ0) is 14.8. The molecule has 5 heteroatoms. The van der Waals surface area contributed by atoms with Gasteiger partial charge in [-0.3, -0.25) is 0 Å². The number of hydrogen-bond acceptors (Lipinski definition) is 5. The van der Waals surface area contributed by atoms with Crippen molar-refractivity contribution in [1.82, 2.24) is 5.32 Å². The summed E-state index contributed by atoms with van der Waals surface area (Å²) in [6.45, 7) is 8.94. The van der Waals surface area contributed by atoms with Gasteiger partial charge in [0.05, 0.1) is 25.9 Å². The van der Waals surface area contributed by atoms with Gasteiger partial charge in [-0.25, -0.2) is 0 Å². The molecule has 2 atom stereocenters. The van der Waals surface area contributed by atoms with Crippen LogP contribution in [-0.4, -0.2) is 50.2 Å². The molecular weight excluding hydrogens is 274 g/mol. The minimum Gasteiger partial charge on any atom is -0.389 e. The molecule has 0 fully saturated rings. The Morgan fingerprint density at radius 1 is 1.30 bits per heavy atom. The molecule has 2 N–H and O–H groups in total. The van der Waals surface area contributed by atoms with Crippen LogP contribution >= 0.6 is 11.3 Å². The lowest BCUT2D eigenvalue weighted by Crippen LogP contribution is -2.37. The molecule has 0 amide bonds. The van der Waals surface area contributed by atoms with Gasteiger partial charge in [0.25, 0.3) is 0 Å². The molecule has 116 valence electrons. The molecule has 0 saturated carbocycles. The molecule has 0 aromatic carbocycles. The van der Waals surface area contributed by atoms with Gasteiger partial charge >= 0.3 is 0 Å². The quantitative estimate of drug-likeness (QED) is 0.614. The minimum absolute atomic E-state index is 0.352. The smallest absolute Gasteiger partial charge is 0.0897 e. The van der Waals surface area contributed by atoms with E-state index in [2.05, 4.69) is 31.3 Å². The Labute approximate surface area is 126 Å². The van der Waals surface area contributed by atoms with E-state index in [1.807, 2.05) is 18.3 Å². The molecule has 1 heterocycles. The monoisotopic (exact) mass is 301 g/mol. The summed E-state index contributed by atoms with van der Waals surface area (Å²) in [7, 11) is 0. The number of thiophene rings is 1. The molecule has 0 aliphatic rings. The van der Waals surface area contributed by atoms with Gasteiger partial charge in [-0.05, 0) is 39.3 Å². The highest BCUT2D eigenvalue weighted by Gasteiger charge is 2.09. The van der Waals surface area contributed by atoms with E-state index in [9.17, 15) is 5.11 Å². The van der Waals surface area contributed by atoms with Crippen molar-refractivity contribution in [3.8, 4) is 0 Å². The Balaban J connectivity index is 2.06. The first-order valence-corrected chi connectivity index (χ1v) is 8.05. The van der Waals surface area contributed by atoms with Crippen molar-refractivity contribution in [2.75, 3.05) is 33.0 Å². The molecule has 0 aliphatic heterocycles. The third-order valence-corrected chi connectivity index (χ3v) is 3.91. The van der Waals surface area contributed by atoms with Crippen LogP contribution in [0.25, 0.3) is 0 Å². The SMILES string of the molecule is CCOCCOCC(O)CNC(C)Cc1ccc(C)s1. The Morgan fingerprint density at radius 2 is 2.05 bits per heavy atom. The van der Waals surface area contributed by atoms with Crippen LogP contribution in [0.1, 0.15) is 23.6 Å². The number of aryl methyl sites for hydroxylation is 1. The fraction of sp³-hybridized carbons (Fsp3) is 0.733. The summed E-state index contributed by atoms with van der Waals surface area (Å²) in [6.07, 6.45) is 0.528. The molecule has 1 rings (SSSR count). The summed E-state index contributed by atoms with van der Waals surface area (Å²) in [5.41, 5.74) is 0. The Bertz CT molecular complexity index is 357. The van der Waals surface area contributed by atoms with Crippen LogP contribution in [0.2, 0.25) is 0 Å². The first kappa shape index (κ1) is 17.6. The highest BCUT2D eigenvalue weighted by molar-refractivity contribution is 7.11. The Morgan fingerprint density at radius 3 is 2.70 bits per heavy atom. The van der Waals surface area contributed by atoms with Crippen molar-refractivity contribution in [3.63, 3.8) is 0 Å². The summed E-state index contributed by atoms with van der Waals surface area (Å²) in [5.74, 6) is 0. The van der Waals surface area contributed by atoms with Crippen LogP contribution < -0.4 is 5.32 Å². The van der Waals surface area contributed by atoms with Crippen molar-refractivity contribution < 1.29 is 14.6 Å². The second-order valence-corrected chi connectivity index (χ2v) is 6.32. The van der Waals surface area contributed by atoms with Gasteiger partial charge in [0.15, 0.2) is 0 Å². The van der Waals surface area contributed by atoms with Crippen molar-refractivity contribution in [2.45, 2.75) is 39.3 Å². The van der Waals surface area contributed by atoms with E-state index in [0.717, 1.165) is 6.42 Å². The number of nitrogens with one attached hydrogen (secondary N) is 1. The third-order valence-electron chi connectivity index (χ3n) is 2.89. The predicted molar refractivity (Wildman–Crippen MR) is 83.5 cm³/mol. The fourth-order valence-corrected chi connectivity index (χ4v) is 2.87. The molecule has 0 aliphatic carbocycles. The van der Waals surface area contributed by atoms with Crippen LogP contribution in [0.5, 0.6) is 0 Å². The van der Waals surface area contributed by atoms with E-state index in [-0.39, 0.29) is 0 Å². The van der Waals surface area contributed by atoms with E-state index >= 15 is 0 Å². The second-order valence-electron chi connectivity index (χ2n) is 4.95. The van der Waals surface area contributed by atoms with E-state index in [0.29, 0.717) is 39.0 Å². The van der Waals surface area contributed by atoms with Crippen molar-refractivity contribution in [2.24, 2.45) is 0 Å². The first-order valence-electron chi connectivity index (χ1n) is 7.24. The molecule has 0 saturated heterocycles. The first-order chi connectivity index (χ1) is 9.61. The van der Waals surface area contributed by atoms with E-state index < -0.39 is 6.10 Å². The van der Waals surface area contributed by atoms with E-state index in [1.54, 1.807) is 0 Å². The van der Waals surface area contributed by atoms with E-state index in [4.69, 9.17) is 9.47 Å². The van der Waals surface area contributed by atoms with Crippen molar-refractivity contribution >= 4 is 11.3 Å². The summed E-state index contributed by atoms with van der Waals surface area (Å²) in [5, 5.41) is 13.1. The molecule has 4 nitrogen and oxygen atoms in total. The van der Waals surface area contributed by atoms with Gasteiger partial charge in [0, 0.05) is 28.9 Å². The van der Waals surface area contributed by atoms with E-state index in [1.165, 1.54) is 9.75 Å². The number of aliphatic hydroxyl groups excluding tert-OH is 1. The number of aliphatic hydroxyl groups is 1. The summed E-state index contributed by atoms with van der Waals surface area (Å²) in [6, 6.07) is 4.67. The number of rotatable bonds is 11. The molecule has 2 unspecified atom stereocenters. The highest BCUT2D eigenvalue weighted by Crippen LogP contribution is 2.16. The summed E-state index contributed by atoms with van der Waals surface area (Å²) >= 11 is 1.83. The maximum Gasteiger partial charge on any atom is 0.0897 e. The summed E-state index contributed by atoms with van der Waals surface area (Å²) < 4.78 is 10.5. The maximum absolute atomic E-state index is 9.80. The Hall–Kier alpha value is -0.460. The number of ether oxygens (including phenoxy) is 2. The average molecular weight is 301 g/mol. The fourth-order valence-electron chi connectivity index (χ4n) is 1.85. The topological polar surface area (TPSA) is 50.7 Å². The predicted octanol–water partition coefficient (Wildman–Crippen LogP) is 1.99. The molecular formula is C15H27NO3S. The van der Waals surface area contributed by atoms with Crippen LogP contribution in [0.3, 0.4) is 0 Å². The van der Waals surface area contributed by atoms with Gasteiger partial charge in [-0.15, -0.1) is 11.3 Å². The lowest BCUT2D eigenvalue weighted by atomic mass is 10.2. The molecule has 0 bridgehead atoms. The summed E-state index contributed by atoms with van der Waals surface area (Å²) in [4.78, 5) is 2.72. The zero-order valence-electron chi connectivity index (χ0n) is 12.7. The second kappa shape index (κ2) is 10.3. The molecule has 1 aromatic heterocycles. The largest absolute Gasteiger partial charge is 0.389 e. The van der Waals surface area contributed by atoms with Gasteiger partial charge in [0.1, 0.15) is 0 Å². The normalized spacial score (nSPS) is 14.4. The van der Waals surface area contributed by atoms with Gasteiger partial charge in [-0.2, -0.15) is 0 Å². The molecule has 0 spiro atoms. The minimum atomic E-state index is -0.468. The lowest BCUT2D eigenvalue weighted by Gasteiger charge is -2.16. The van der Waals surface area contributed by atoms with Gasteiger partial charge in [-0.1, -0.05) is 0 Å². The van der Waals surface area contributed by atoms with Crippen molar-refractivity contribution in [1.29, 1.82) is 0 Å². The third kappa shape index (κ3) is 7.97. The van der Waals surface area contributed by atoms with Crippen molar-refractivity contribution in [3.05, 3.63) is 21.9 Å². The van der Waals surface area contributed by atoms with Gasteiger partial charge < -0.3 is 19.9 Å². The zero-order valence-corrected chi connectivity index (χ0v) is 13.5. The average Bonchev–Trinajstić information content (AvgIpc) is 2.81. The maximum atomic E-state index is 9.80. The molecule has 20 heavy (non-hydrogen) atoms. The van der Waals surface area contributed by atoms with Crippen LogP contribution in [0.4, 0.5) is 0 Å². The van der Waals surface area contributed by atoms with Crippen LogP contribution in [-0.2, 0) is 15.9 Å². The standard InChI is InChI=1S/C15H27NO3S/c1-4-18-7-8-19-11-14(17)10-16-12(2)9-15-6-5-13(3)20-15/h5-6,12,14,16-17H,4,7-11H2,1-3H3. The number of hydrogen-bond donors (Lipinski definition) is 2. The highest BCUT2D eigenvalue weighted by atomic mass is 32.1. The molecule has 1 aromatic rings. The lowest BCUT2D eigenvalue weighted by molar-refractivity contribution is 0.00588. The van der Waals surface area contributed by atoms with Gasteiger partial charge in [0.2, 0.25) is 0 Å².